The molecular weight excluding hydrogens is 223 g/mol. The molecule has 0 saturated heterocycles. The number of methoxy groups -OCH3 is 1. The number of amides is 1. The zero-order valence-corrected chi connectivity index (χ0v) is 10.2. The molecule has 4 nitrogen and oxygen atoms in total. The lowest BCUT2D eigenvalue weighted by Gasteiger charge is -2.15. The van der Waals surface area contributed by atoms with E-state index < -0.39 is 11.9 Å². The number of ether oxygens (including phenoxy) is 1. The molecule has 1 atom stereocenters. The number of hydrogen-bond donors (Lipinski definition) is 2. The molecule has 0 fully saturated rings. The van der Waals surface area contributed by atoms with Crippen LogP contribution in [0.15, 0.2) is 18.2 Å². The van der Waals surface area contributed by atoms with Gasteiger partial charge in [0, 0.05) is 11.8 Å². The molecule has 17 heavy (non-hydrogen) atoms. The van der Waals surface area contributed by atoms with Crippen molar-refractivity contribution >= 4 is 11.6 Å². The van der Waals surface area contributed by atoms with Gasteiger partial charge in [0.05, 0.1) is 13.2 Å². The Hall–Kier alpha value is -1.62. The van der Waals surface area contributed by atoms with Gasteiger partial charge in [0.25, 0.3) is 0 Å². The summed E-state index contributed by atoms with van der Waals surface area (Å²) in [5.41, 5.74) is 6.04. The zero-order valence-electron chi connectivity index (χ0n) is 10.2. The first-order valence-corrected chi connectivity index (χ1v) is 5.35. The summed E-state index contributed by atoms with van der Waals surface area (Å²) in [6.45, 7) is 3.69. The van der Waals surface area contributed by atoms with Gasteiger partial charge in [-0.05, 0) is 18.1 Å². The molecule has 1 rings (SSSR count). The monoisotopic (exact) mass is 240 g/mol. The number of carbonyl (C=O) groups is 1. The first kappa shape index (κ1) is 13.4. The third-order valence-electron chi connectivity index (χ3n) is 2.44. The van der Waals surface area contributed by atoms with E-state index in [0.717, 1.165) is 0 Å². The van der Waals surface area contributed by atoms with Crippen molar-refractivity contribution in [3.8, 4) is 5.75 Å². The normalized spacial score (nSPS) is 12.4. The Morgan fingerprint density at radius 2 is 2.12 bits per heavy atom. The van der Waals surface area contributed by atoms with E-state index in [1.165, 1.54) is 19.2 Å². The molecule has 5 heteroatoms. The number of nitrogens with two attached hydrogens (primary N) is 1. The summed E-state index contributed by atoms with van der Waals surface area (Å²) in [6.07, 6.45) is 0. The highest BCUT2D eigenvalue weighted by molar-refractivity contribution is 5.94. The lowest BCUT2D eigenvalue weighted by Crippen LogP contribution is -2.39. The van der Waals surface area contributed by atoms with E-state index in [0.29, 0.717) is 5.69 Å². The lowest BCUT2D eigenvalue weighted by atomic mass is 10.0. The van der Waals surface area contributed by atoms with Gasteiger partial charge in [-0.3, -0.25) is 4.79 Å². The van der Waals surface area contributed by atoms with Crippen LogP contribution in [0, 0.1) is 11.7 Å². The van der Waals surface area contributed by atoms with Gasteiger partial charge in [-0.2, -0.15) is 0 Å². The molecule has 94 valence electrons. The Bertz CT molecular complexity index is 407. The molecule has 0 spiro atoms. The highest BCUT2D eigenvalue weighted by atomic mass is 19.1. The molecule has 1 aromatic rings. The second-order valence-corrected chi connectivity index (χ2v) is 4.11. The van der Waals surface area contributed by atoms with Crippen LogP contribution >= 0.6 is 0 Å². The molecule has 0 radical (unpaired) electrons. The van der Waals surface area contributed by atoms with Gasteiger partial charge in [-0.25, -0.2) is 4.39 Å². The van der Waals surface area contributed by atoms with Gasteiger partial charge < -0.3 is 15.8 Å². The second-order valence-electron chi connectivity index (χ2n) is 4.11. The third kappa shape index (κ3) is 3.42. The minimum Gasteiger partial charge on any atom is -0.494 e. The van der Waals surface area contributed by atoms with Gasteiger partial charge in [0.2, 0.25) is 5.91 Å². The van der Waals surface area contributed by atoms with E-state index in [1.54, 1.807) is 6.07 Å². The van der Waals surface area contributed by atoms with Gasteiger partial charge in [0.1, 0.15) is 0 Å². The third-order valence-corrected chi connectivity index (χ3v) is 2.44. The van der Waals surface area contributed by atoms with Crippen LogP contribution in [-0.4, -0.2) is 19.1 Å². The van der Waals surface area contributed by atoms with Crippen molar-refractivity contribution in [1.82, 2.24) is 0 Å². The Kier molecular flexibility index (Phi) is 4.45. The maximum atomic E-state index is 13.4. The fourth-order valence-electron chi connectivity index (χ4n) is 1.27. The summed E-state index contributed by atoms with van der Waals surface area (Å²) in [4.78, 5) is 11.6. The van der Waals surface area contributed by atoms with Crippen molar-refractivity contribution in [2.45, 2.75) is 19.9 Å². The smallest absolute Gasteiger partial charge is 0.241 e. The van der Waals surface area contributed by atoms with E-state index in [9.17, 15) is 9.18 Å². The number of carbonyl (C=O) groups excluding carboxylic acids is 1. The second kappa shape index (κ2) is 5.63. The molecule has 0 saturated carbocycles. The number of rotatable bonds is 4. The van der Waals surface area contributed by atoms with Gasteiger partial charge in [-0.1, -0.05) is 13.8 Å². The minimum atomic E-state index is -0.611. The Labute approximate surface area is 100.0 Å². The number of benzene rings is 1. The fourth-order valence-corrected chi connectivity index (χ4v) is 1.27. The molecule has 1 aromatic carbocycles. The Morgan fingerprint density at radius 1 is 1.47 bits per heavy atom. The molecular formula is C12H17FN2O2. The van der Waals surface area contributed by atoms with Crippen LogP contribution in [0.1, 0.15) is 13.8 Å². The zero-order chi connectivity index (χ0) is 13.0. The average Bonchev–Trinajstić information content (AvgIpc) is 2.28. The van der Waals surface area contributed by atoms with E-state index >= 15 is 0 Å². The summed E-state index contributed by atoms with van der Waals surface area (Å²) < 4.78 is 18.1. The minimum absolute atomic E-state index is 0.0260. The molecule has 0 bridgehead atoms. The molecule has 1 amide bonds. The molecule has 0 aliphatic carbocycles. The summed E-state index contributed by atoms with van der Waals surface area (Å²) in [7, 11) is 1.38. The van der Waals surface area contributed by atoms with Crippen molar-refractivity contribution in [3.63, 3.8) is 0 Å². The summed E-state index contributed by atoms with van der Waals surface area (Å²) in [5.74, 6) is -0.692. The van der Waals surface area contributed by atoms with Crippen LogP contribution in [0.5, 0.6) is 5.75 Å². The maximum absolute atomic E-state index is 13.4. The van der Waals surface area contributed by atoms with Crippen molar-refractivity contribution in [2.75, 3.05) is 12.4 Å². The first-order chi connectivity index (χ1) is 7.95. The SMILES string of the molecule is COc1ccc(NC(=O)C(N)C(C)C)cc1F. The van der Waals surface area contributed by atoms with Crippen molar-refractivity contribution in [2.24, 2.45) is 11.7 Å². The molecule has 0 heterocycles. The van der Waals surface area contributed by atoms with Crippen LogP contribution in [0.4, 0.5) is 10.1 Å². The van der Waals surface area contributed by atoms with Crippen molar-refractivity contribution in [3.05, 3.63) is 24.0 Å². The predicted molar refractivity (Wildman–Crippen MR) is 64.4 cm³/mol. The summed E-state index contributed by atoms with van der Waals surface area (Å²) >= 11 is 0. The number of anilines is 1. The van der Waals surface area contributed by atoms with Crippen molar-refractivity contribution < 1.29 is 13.9 Å². The van der Waals surface area contributed by atoms with E-state index in [1.807, 2.05) is 13.8 Å². The lowest BCUT2D eigenvalue weighted by molar-refractivity contribution is -0.118. The Morgan fingerprint density at radius 3 is 2.59 bits per heavy atom. The molecule has 0 aromatic heterocycles. The standard InChI is InChI=1S/C12H17FN2O2/c1-7(2)11(14)12(16)15-8-4-5-10(17-3)9(13)6-8/h4-7,11H,14H2,1-3H3,(H,15,16). The van der Waals surface area contributed by atoms with Crippen LogP contribution in [0.2, 0.25) is 0 Å². The highest BCUT2D eigenvalue weighted by Gasteiger charge is 2.17. The Balaban J connectivity index is 2.76. The van der Waals surface area contributed by atoms with Crippen LogP contribution < -0.4 is 15.8 Å². The highest BCUT2D eigenvalue weighted by Crippen LogP contribution is 2.20. The molecule has 0 aliphatic rings. The van der Waals surface area contributed by atoms with Gasteiger partial charge in [-0.15, -0.1) is 0 Å². The topological polar surface area (TPSA) is 64.3 Å². The van der Waals surface area contributed by atoms with Crippen LogP contribution in [-0.2, 0) is 4.79 Å². The number of nitrogens with one attached hydrogen (secondary N) is 1. The van der Waals surface area contributed by atoms with Crippen LogP contribution in [0.25, 0.3) is 0 Å². The van der Waals surface area contributed by atoms with Gasteiger partial charge in [0.15, 0.2) is 11.6 Å². The summed E-state index contributed by atoms with van der Waals surface area (Å²) in [6, 6.07) is 3.60. The number of halogens is 1. The first-order valence-electron chi connectivity index (χ1n) is 5.35. The predicted octanol–water partition coefficient (Wildman–Crippen LogP) is 1.76. The van der Waals surface area contributed by atoms with E-state index in [-0.39, 0.29) is 17.6 Å². The molecule has 1 unspecified atom stereocenters. The largest absolute Gasteiger partial charge is 0.494 e. The summed E-state index contributed by atoms with van der Waals surface area (Å²) in [5, 5.41) is 2.56. The van der Waals surface area contributed by atoms with E-state index in [4.69, 9.17) is 10.5 Å². The van der Waals surface area contributed by atoms with Gasteiger partial charge >= 0.3 is 0 Å². The maximum Gasteiger partial charge on any atom is 0.241 e. The quantitative estimate of drug-likeness (QED) is 0.842. The average molecular weight is 240 g/mol. The molecule has 0 aliphatic heterocycles. The van der Waals surface area contributed by atoms with Crippen LogP contribution in [0.3, 0.4) is 0 Å². The van der Waals surface area contributed by atoms with E-state index in [2.05, 4.69) is 5.32 Å². The van der Waals surface area contributed by atoms with Crippen molar-refractivity contribution in [1.29, 1.82) is 0 Å². The number of hydrogen-bond acceptors (Lipinski definition) is 3. The molecule has 3 N–H and O–H groups in total. The fraction of sp³-hybridized carbons (Fsp3) is 0.417.